The van der Waals surface area contributed by atoms with Crippen LogP contribution in [0.1, 0.15) is 22.9 Å². The van der Waals surface area contributed by atoms with Gasteiger partial charge in [-0.25, -0.2) is 4.98 Å². The Kier molecular flexibility index (Phi) is 5.52. The van der Waals surface area contributed by atoms with E-state index in [0.29, 0.717) is 6.42 Å². The van der Waals surface area contributed by atoms with E-state index in [1.54, 1.807) is 11.3 Å². The number of hydrogen-bond donors (Lipinski definition) is 1. The predicted molar refractivity (Wildman–Crippen MR) is 106 cm³/mol. The van der Waals surface area contributed by atoms with Gasteiger partial charge in [0.05, 0.1) is 31.4 Å². The van der Waals surface area contributed by atoms with Crippen molar-refractivity contribution in [1.29, 1.82) is 0 Å². The summed E-state index contributed by atoms with van der Waals surface area (Å²) in [4.78, 5) is 20.5. The molecule has 0 unspecified atom stereocenters. The van der Waals surface area contributed by atoms with Gasteiger partial charge in [-0.15, -0.1) is 11.3 Å². The molecule has 1 aliphatic rings. The molecule has 0 spiro atoms. The van der Waals surface area contributed by atoms with Gasteiger partial charge in [-0.3, -0.25) is 14.1 Å². The van der Waals surface area contributed by atoms with Crippen LogP contribution in [-0.4, -0.2) is 53.0 Å². The molecule has 1 aromatic carbocycles. The van der Waals surface area contributed by atoms with Crippen LogP contribution in [0.15, 0.2) is 42.0 Å². The van der Waals surface area contributed by atoms with Crippen LogP contribution >= 0.6 is 11.3 Å². The minimum absolute atomic E-state index is 0.000382. The van der Waals surface area contributed by atoms with Crippen molar-refractivity contribution in [3.05, 3.63) is 58.9 Å². The Morgan fingerprint density at radius 3 is 2.81 bits per heavy atom. The Bertz CT molecular complexity index is 868. The van der Waals surface area contributed by atoms with Crippen molar-refractivity contribution in [1.82, 2.24) is 19.6 Å². The number of hydrogen-bond acceptors (Lipinski definition) is 5. The number of fused-ring (bicyclic) bond motifs is 1. The van der Waals surface area contributed by atoms with Gasteiger partial charge in [0.1, 0.15) is 0 Å². The molecule has 0 bridgehead atoms. The van der Waals surface area contributed by atoms with Crippen LogP contribution in [0, 0.1) is 6.92 Å². The number of aryl methyl sites for hydroxylation is 1. The van der Waals surface area contributed by atoms with Crippen molar-refractivity contribution in [2.75, 3.05) is 32.8 Å². The van der Waals surface area contributed by atoms with Crippen LogP contribution in [0.5, 0.6) is 0 Å². The van der Waals surface area contributed by atoms with Crippen molar-refractivity contribution in [3.8, 4) is 0 Å². The first-order chi connectivity index (χ1) is 13.2. The van der Waals surface area contributed by atoms with Gasteiger partial charge in [0, 0.05) is 37.4 Å². The molecule has 1 atom stereocenters. The van der Waals surface area contributed by atoms with Crippen molar-refractivity contribution < 1.29 is 9.53 Å². The average molecular weight is 385 g/mol. The Morgan fingerprint density at radius 2 is 2.07 bits per heavy atom. The summed E-state index contributed by atoms with van der Waals surface area (Å²) in [6.45, 7) is 6.16. The molecule has 142 valence electrons. The highest BCUT2D eigenvalue weighted by molar-refractivity contribution is 7.15. The molecule has 27 heavy (non-hydrogen) atoms. The van der Waals surface area contributed by atoms with Crippen LogP contribution in [0.3, 0.4) is 0 Å². The van der Waals surface area contributed by atoms with Gasteiger partial charge in [-0.05, 0) is 12.5 Å². The van der Waals surface area contributed by atoms with Crippen molar-refractivity contribution >= 4 is 22.2 Å². The van der Waals surface area contributed by atoms with Crippen LogP contribution < -0.4 is 5.32 Å². The van der Waals surface area contributed by atoms with E-state index in [1.807, 2.05) is 22.2 Å². The largest absolute Gasteiger partial charge is 0.379 e. The molecular formula is C20H24N4O2S. The Labute approximate surface area is 162 Å². The highest BCUT2D eigenvalue weighted by Crippen LogP contribution is 2.17. The lowest BCUT2D eigenvalue weighted by molar-refractivity contribution is -0.121. The molecular weight excluding hydrogens is 360 g/mol. The number of aromatic nitrogens is 2. The molecule has 1 fully saturated rings. The first-order valence-corrected chi connectivity index (χ1v) is 10.1. The summed E-state index contributed by atoms with van der Waals surface area (Å²) in [5.74, 6) is -0.000382. The summed E-state index contributed by atoms with van der Waals surface area (Å²) in [5, 5.41) is 5.21. The third kappa shape index (κ3) is 4.55. The molecule has 2 aromatic heterocycles. The zero-order valence-corrected chi connectivity index (χ0v) is 16.2. The number of benzene rings is 1. The molecule has 7 heteroatoms. The van der Waals surface area contributed by atoms with Crippen molar-refractivity contribution in [3.63, 3.8) is 0 Å². The van der Waals surface area contributed by atoms with Crippen LogP contribution in [0.4, 0.5) is 0 Å². The summed E-state index contributed by atoms with van der Waals surface area (Å²) in [6, 6.07) is 8.36. The minimum atomic E-state index is -0.0417. The maximum Gasteiger partial charge on any atom is 0.226 e. The average Bonchev–Trinajstić information content (AvgIpc) is 3.24. The summed E-state index contributed by atoms with van der Waals surface area (Å²) >= 11 is 1.57. The van der Waals surface area contributed by atoms with E-state index in [4.69, 9.17) is 4.74 Å². The second-order valence-electron chi connectivity index (χ2n) is 6.95. The normalized spacial score (nSPS) is 16.5. The van der Waals surface area contributed by atoms with Crippen LogP contribution in [0.25, 0.3) is 4.96 Å². The van der Waals surface area contributed by atoms with E-state index in [-0.39, 0.29) is 11.9 Å². The lowest BCUT2D eigenvalue weighted by Gasteiger charge is -2.31. The third-order valence-corrected chi connectivity index (χ3v) is 5.61. The van der Waals surface area contributed by atoms with Gasteiger partial charge >= 0.3 is 0 Å². The Morgan fingerprint density at radius 1 is 1.30 bits per heavy atom. The maximum atomic E-state index is 12.7. The number of carbonyl (C=O) groups is 1. The highest BCUT2D eigenvalue weighted by Gasteiger charge is 2.21. The van der Waals surface area contributed by atoms with E-state index in [2.05, 4.69) is 46.4 Å². The quantitative estimate of drug-likeness (QED) is 0.709. The van der Waals surface area contributed by atoms with E-state index < -0.39 is 0 Å². The molecule has 1 amide bonds. The van der Waals surface area contributed by atoms with Gasteiger partial charge in [-0.2, -0.15) is 0 Å². The first-order valence-electron chi connectivity index (χ1n) is 9.24. The van der Waals surface area contributed by atoms with E-state index in [0.717, 1.165) is 49.1 Å². The summed E-state index contributed by atoms with van der Waals surface area (Å²) in [7, 11) is 0. The topological polar surface area (TPSA) is 58.9 Å². The fourth-order valence-electron chi connectivity index (χ4n) is 3.35. The van der Waals surface area contributed by atoms with E-state index >= 15 is 0 Å². The lowest BCUT2D eigenvalue weighted by Crippen LogP contribution is -2.43. The molecule has 1 saturated heterocycles. The molecule has 4 rings (SSSR count). The van der Waals surface area contributed by atoms with Gasteiger partial charge in [0.25, 0.3) is 0 Å². The number of morpholine rings is 1. The van der Waals surface area contributed by atoms with Gasteiger partial charge in [0.2, 0.25) is 5.91 Å². The van der Waals surface area contributed by atoms with Gasteiger partial charge in [0.15, 0.2) is 4.96 Å². The molecule has 0 radical (unpaired) electrons. The minimum Gasteiger partial charge on any atom is -0.379 e. The van der Waals surface area contributed by atoms with Crippen LogP contribution in [0.2, 0.25) is 0 Å². The smallest absolute Gasteiger partial charge is 0.226 e. The number of thiazole rings is 1. The fraction of sp³-hybridized carbons (Fsp3) is 0.400. The molecule has 3 heterocycles. The van der Waals surface area contributed by atoms with Gasteiger partial charge in [-0.1, -0.05) is 29.8 Å². The maximum absolute atomic E-state index is 12.7. The van der Waals surface area contributed by atoms with Crippen molar-refractivity contribution in [2.24, 2.45) is 0 Å². The number of ether oxygens (including phenoxy) is 1. The van der Waals surface area contributed by atoms with E-state index in [1.165, 1.54) is 5.56 Å². The second kappa shape index (κ2) is 8.21. The summed E-state index contributed by atoms with van der Waals surface area (Å²) in [5.41, 5.74) is 3.15. The molecule has 3 aromatic rings. The lowest BCUT2D eigenvalue weighted by atomic mass is 10.0. The SMILES string of the molecule is Cc1ccc([C@@H](CN2CCOCC2)NC(=O)Cc2cn3ccsc3n2)cc1. The highest BCUT2D eigenvalue weighted by atomic mass is 32.1. The monoisotopic (exact) mass is 384 g/mol. The first kappa shape index (κ1) is 18.2. The predicted octanol–water partition coefficient (Wildman–Crippen LogP) is 2.44. The number of carbonyl (C=O) groups excluding carboxylic acids is 1. The molecule has 6 nitrogen and oxygen atoms in total. The summed E-state index contributed by atoms with van der Waals surface area (Å²) < 4.78 is 7.40. The zero-order chi connectivity index (χ0) is 18.6. The fourth-order valence-corrected chi connectivity index (χ4v) is 4.07. The van der Waals surface area contributed by atoms with Crippen molar-refractivity contribution in [2.45, 2.75) is 19.4 Å². The van der Waals surface area contributed by atoms with Crippen LogP contribution in [-0.2, 0) is 16.0 Å². The number of amides is 1. The zero-order valence-electron chi connectivity index (χ0n) is 15.4. The number of rotatable bonds is 6. The standard InChI is InChI=1S/C20H24N4O2S/c1-15-2-4-16(5-3-15)18(14-23-6-9-26-10-7-23)22-19(25)12-17-13-24-8-11-27-20(24)21-17/h2-5,8,11,13,18H,6-7,9-10,12,14H2,1H3,(H,22,25)/t18-/m1/s1. The number of nitrogens with zero attached hydrogens (tertiary/aromatic N) is 3. The summed E-state index contributed by atoms with van der Waals surface area (Å²) in [6.07, 6.45) is 4.18. The molecule has 1 N–H and O–H groups in total. The molecule has 0 aliphatic carbocycles. The third-order valence-electron chi connectivity index (χ3n) is 4.84. The Balaban J connectivity index is 1.45. The van der Waals surface area contributed by atoms with Gasteiger partial charge < -0.3 is 10.1 Å². The molecule has 1 aliphatic heterocycles. The number of nitrogens with one attached hydrogen (secondary N) is 1. The number of imidazole rings is 1. The van der Waals surface area contributed by atoms with E-state index in [9.17, 15) is 4.79 Å². The molecule has 0 saturated carbocycles. The second-order valence-corrected chi connectivity index (χ2v) is 7.82. The Hall–Kier alpha value is -2.22.